The highest BCUT2D eigenvalue weighted by Crippen LogP contribution is 2.30. The van der Waals surface area contributed by atoms with Gasteiger partial charge in [-0.2, -0.15) is 5.10 Å². The summed E-state index contributed by atoms with van der Waals surface area (Å²) in [6, 6.07) is 2.54. The van der Waals surface area contributed by atoms with Gasteiger partial charge in [-0.1, -0.05) is 12.8 Å². The highest BCUT2D eigenvalue weighted by molar-refractivity contribution is 5.83. The maximum absolute atomic E-state index is 12.5. The lowest BCUT2D eigenvalue weighted by Crippen LogP contribution is -2.49. The number of hydrogen-bond donors (Lipinski definition) is 2. The number of nitrogens with one attached hydrogen (secondary N) is 1. The molecule has 1 aromatic rings. The molecule has 0 radical (unpaired) electrons. The van der Waals surface area contributed by atoms with Crippen LogP contribution in [0.25, 0.3) is 0 Å². The number of carbonyl (C=O) groups excluding carboxylic acids is 1. The number of nitrogens with zero attached hydrogens (tertiary/aromatic N) is 2. The molecule has 1 saturated carbocycles. The largest absolute Gasteiger partial charge is 0.381 e. The van der Waals surface area contributed by atoms with Gasteiger partial charge < -0.3 is 15.8 Å². The third kappa shape index (κ3) is 3.17. The van der Waals surface area contributed by atoms with Crippen molar-refractivity contribution < 1.29 is 9.53 Å². The van der Waals surface area contributed by atoms with Crippen molar-refractivity contribution in [3.8, 4) is 0 Å². The average molecular weight is 306 g/mol. The monoisotopic (exact) mass is 306 g/mol. The van der Waals surface area contributed by atoms with Gasteiger partial charge >= 0.3 is 0 Å². The predicted molar refractivity (Wildman–Crippen MR) is 83.1 cm³/mol. The Kier molecular flexibility index (Phi) is 4.78. The van der Waals surface area contributed by atoms with Gasteiger partial charge in [0.05, 0.1) is 23.7 Å². The van der Waals surface area contributed by atoms with E-state index in [0.717, 1.165) is 5.69 Å². The second kappa shape index (κ2) is 6.79. The van der Waals surface area contributed by atoms with Crippen LogP contribution < -0.4 is 11.1 Å². The van der Waals surface area contributed by atoms with Crippen LogP contribution in [0.5, 0.6) is 0 Å². The molecule has 1 aliphatic heterocycles. The summed E-state index contributed by atoms with van der Waals surface area (Å²) in [7, 11) is 0. The highest BCUT2D eigenvalue weighted by atomic mass is 16.5. The molecule has 1 aliphatic carbocycles. The van der Waals surface area contributed by atoms with Crippen LogP contribution >= 0.6 is 0 Å². The van der Waals surface area contributed by atoms with E-state index in [9.17, 15) is 4.79 Å². The quantitative estimate of drug-likeness (QED) is 0.861. The third-order valence-electron chi connectivity index (χ3n) is 5.11. The fourth-order valence-corrected chi connectivity index (χ4v) is 3.49. The molecule has 1 saturated heterocycles. The molecule has 0 aromatic carbocycles. The topological polar surface area (TPSA) is 82.2 Å². The molecule has 1 amide bonds. The molecule has 2 heterocycles. The fraction of sp³-hybridized carbons (Fsp3) is 0.750. The summed E-state index contributed by atoms with van der Waals surface area (Å²) in [5, 5.41) is 7.62. The molecular formula is C16H26N4O2. The Morgan fingerprint density at radius 3 is 2.82 bits per heavy atom. The standard InChI is InChI=1S/C16H26N4O2/c17-12-16(6-9-22-10-7-16)15(21)18-11-13-5-8-20(19-13)14-3-1-2-4-14/h5,8,14H,1-4,6-7,9-12,17H2,(H,18,21). The summed E-state index contributed by atoms with van der Waals surface area (Å²) >= 11 is 0. The van der Waals surface area contributed by atoms with Crippen LogP contribution in [-0.4, -0.2) is 35.4 Å². The Hall–Kier alpha value is -1.40. The molecule has 2 aliphatic rings. The molecule has 3 N–H and O–H groups in total. The number of rotatable bonds is 5. The molecule has 0 unspecified atom stereocenters. The van der Waals surface area contributed by atoms with Crippen molar-refractivity contribution in [3.63, 3.8) is 0 Å². The molecular weight excluding hydrogens is 280 g/mol. The van der Waals surface area contributed by atoms with Crippen molar-refractivity contribution in [1.82, 2.24) is 15.1 Å². The minimum atomic E-state index is -0.466. The van der Waals surface area contributed by atoms with Crippen LogP contribution in [-0.2, 0) is 16.1 Å². The lowest BCUT2D eigenvalue weighted by Gasteiger charge is -2.34. The van der Waals surface area contributed by atoms with Crippen LogP contribution in [0.3, 0.4) is 0 Å². The van der Waals surface area contributed by atoms with Gasteiger partial charge in [-0.15, -0.1) is 0 Å². The SMILES string of the molecule is NCC1(C(=O)NCc2ccn(C3CCCC3)n2)CCOCC1. The van der Waals surface area contributed by atoms with Gasteiger partial charge in [0.25, 0.3) is 0 Å². The van der Waals surface area contributed by atoms with Crippen molar-refractivity contribution in [1.29, 1.82) is 0 Å². The first-order valence-corrected chi connectivity index (χ1v) is 8.34. The Morgan fingerprint density at radius 2 is 2.14 bits per heavy atom. The number of aromatic nitrogens is 2. The zero-order valence-corrected chi connectivity index (χ0v) is 13.1. The van der Waals surface area contributed by atoms with Crippen molar-refractivity contribution >= 4 is 5.91 Å². The van der Waals surface area contributed by atoms with Gasteiger partial charge in [0, 0.05) is 26.0 Å². The van der Waals surface area contributed by atoms with Crippen molar-refractivity contribution in [2.45, 2.75) is 51.1 Å². The Bertz CT molecular complexity index is 502. The van der Waals surface area contributed by atoms with Crippen LogP contribution in [0, 0.1) is 5.41 Å². The van der Waals surface area contributed by atoms with E-state index in [1.54, 1.807) is 0 Å². The van der Waals surface area contributed by atoms with E-state index in [1.807, 2.05) is 12.3 Å². The second-order valence-corrected chi connectivity index (χ2v) is 6.50. The van der Waals surface area contributed by atoms with E-state index in [1.165, 1.54) is 25.7 Å². The Morgan fingerprint density at radius 1 is 1.41 bits per heavy atom. The Labute approximate surface area is 131 Å². The van der Waals surface area contributed by atoms with Crippen molar-refractivity contribution in [3.05, 3.63) is 18.0 Å². The fourth-order valence-electron chi connectivity index (χ4n) is 3.49. The number of nitrogens with two attached hydrogens (primary N) is 1. The van der Waals surface area contributed by atoms with Crippen molar-refractivity contribution in [2.75, 3.05) is 19.8 Å². The maximum atomic E-state index is 12.5. The summed E-state index contributed by atoms with van der Waals surface area (Å²) in [5.74, 6) is 0.0358. The van der Waals surface area contributed by atoms with E-state index in [-0.39, 0.29) is 5.91 Å². The third-order valence-corrected chi connectivity index (χ3v) is 5.11. The smallest absolute Gasteiger partial charge is 0.227 e. The van der Waals surface area contributed by atoms with E-state index in [4.69, 9.17) is 10.5 Å². The lowest BCUT2D eigenvalue weighted by molar-refractivity contribution is -0.136. The predicted octanol–water partition coefficient (Wildman–Crippen LogP) is 1.37. The van der Waals surface area contributed by atoms with Crippen LogP contribution in [0.1, 0.15) is 50.3 Å². The molecule has 6 heteroatoms. The zero-order valence-electron chi connectivity index (χ0n) is 13.1. The number of ether oxygens (including phenoxy) is 1. The molecule has 3 rings (SSSR count). The highest BCUT2D eigenvalue weighted by Gasteiger charge is 2.38. The first-order valence-electron chi connectivity index (χ1n) is 8.34. The van der Waals surface area contributed by atoms with Gasteiger partial charge in [-0.05, 0) is 31.7 Å². The molecule has 6 nitrogen and oxygen atoms in total. The maximum Gasteiger partial charge on any atom is 0.227 e. The normalized spacial score (nSPS) is 21.9. The molecule has 1 aromatic heterocycles. The number of carbonyl (C=O) groups is 1. The molecule has 0 bridgehead atoms. The minimum Gasteiger partial charge on any atom is -0.381 e. The second-order valence-electron chi connectivity index (χ2n) is 6.50. The van der Waals surface area contributed by atoms with Crippen LogP contribution in [0.4, 0.5) is 0 Å². The number of hydrogen-bond acceptors (Lipinski definition) is 4. The van der Waals surface area contributed by atoms with Gasteiger partial charge in [0.1, 0.15) is 0 Å². The van der Waals surface area contributed by atoms with Gasteiger partial charge in [0.2, 0.25) is 5.91 Å². The Balaban J connectivity index is 1.56. The van der Waals surface area contributed by atoms with Crippen LogP contribution in [0.2, 0.25) is 0 Å². The summed E-state index contributed by atoms with van der Waals surface area (Å²) < 4.78 is 7.41. The summed E-state index contributed by atoms with van der Waals surface area (Å²) in [5.41, 5.74) is 6.31. The summed E-state index contributed by atoms with van der Waals surface area (Å²) in [4.78, 5) is 12.5. The molecule has 0 spiro atoms. The number of amides is 1. The van der Waals surface area contributed by atoms with E-state index in [2.05, 4.69) is 15.1 Å². The molecule has 2 fully saturated rings. The van der Waals surface area contributed by atoms with Crippen molar-refractivity contribution in [2.24, 2.45) is 11.1 Å². The van der Waals surface area contributed by atoms with Gasteiger partial charge in [-0.25, -0.2) is 0 Å². The van der Waals surface area contributed by atoms with E-state index >= 15 is 0 Å². The summed E-state index contributed by atoms with van der Waals surface area (Å²) in [6.45, 7) is 2.07. The molecule has 122 valence electrons. The van der Waals surface area contributed by atoms with Gasteiger partial charge in [-0.3, -0.25) is 9.48 Å². The molecule has 0 atom stereocenters. The lowest BCUT2D eigenvalue weighted by atomic mass is 9.79. The first-order chi connectivity index (χ1) is 10.7. The van der Waals surface area contributed by atoms with Gasteiger partial charge in [0.15, 0.2) is 0 Å². The first kappa shape index (κ1) is 15.5. The molecule has 22 heavy (non-hydrogen) atoms. The minimum absolute atomic E-state index is 0.0358. The average Bonchev–Trinajstić information content (AvgIpc) is 3.24. The van der Waals surface area contributed by atoms with E-state index < -0.39 is 5.41 Å². The van der Waals surface area contributed by atoms with E-state index in [0.29, 0.717) is 45.2 Å². The van der Waals surface area contributed by atoms with Crippen LogP contribution in [0.15, 0.2) is 12.3 Å². The summed E-state index contributed by atoms with van der Waals surface area (Å²) in [6.07, 6.45) is 8.44. The zero-order chi connectivity index (χ0) is 15.4.